The SMILES string of the molecule is COC(=O)C(C)(C)CC(N)c1cc(C)c(OC)c(C)c1. The molecule has 0 aliphatic carbocycles. The molecule has 20 heavy (non-hydrogen) atoms. The monoisotopic (exact) mass is 279 g/mol. The summed E-state index contributed by atoms with van der Waals surface area (Å²) in [4.78, 5) is 11.7. The second kappa shape index (κ2) is 6.27. The van der Waals surface area contributed by atoms with Crippen LogP contribution in [0.3, 0.4) is 0 Å². The minimum absolute atomic E-state index is 0.215. The molecule has 0 aliphatic rings. The number of carbonyl (C=O) groups excluding carboxylic acids is 1. The molecule has 4 nitrogen and oxygen atoms in total. The number of ether oxygens (including phenoxy) is 2. The highest BCUT2D eigenvalue weighted by Gasteiger charge is 2.31. The van der Waals surface area contributed by atoms with E-state index < -0.39 is 5.41 Å². The minimum Gasteiger partial charge on any atom is -0.496 e. The lowest BCUT2D eigenvalue weighted by Crippen LogP contribution is -2.30. The molecule has 0 bridgehead atoms. The Kier molecular flexibility index (Phi) is 5.17. The van der Waals surface area contributed by atoms with Crippen molar-refractivity contribution >= 4 is 5.97 Å². The molecule has 0 fully saturated rings. The van der Waals surface area contributed by atoms with Gasteiger partial charge in [-0.05, 0) is 50.8 Å². The Hall–Kier alpha value is -1.55. The lowest BCUT2D eigenvalue weighted by Gasteiger charge is -2.26. The molecule has 0 aromatic heterocycles. The Morgan fingerprint density at radius 2 is 1.75 bits per heavy atom. The minimum atomic E-state index is -0.601. The largest absolute Gasteiger partial charge is 0.496 e. The van der Waals surface area contributed by atoms with E-state index in [0.717, 1.165) is 22.4 Å². The number of aryl methyl sites for hydroxylation is 2. The molecule has 2 N–H and O–H groups in total. The Labute approximate surface area is 121 Å². The molecule has 1 aromatic rings. The molecule has 1 atom stereocenters. The van der Waals surface area contributed by atoms with E-state index in [4.69, 9.17) is 15.2 Å². The third kappa shape index (κ3) is 3.51. The summed E-state index contributed by atoms with van der Waals surface area (Å²) in [5, 5.41) is 0. The van der Waals surface area contributed by atoms with Gasteiger partial charge in [-0.25, -0.2) is 0 Å². The number of nitrogens with two attached hydrogens (primary N) is 1. The maximum atomic E-state index is 11.7. The number of carbonyl (C=O) groups is 1. The summed E-state index contributed by atoms with van der Waals surface area (Å²) >= 11 is 0. The highest BCUT2D eigenvalue weighted by atomic mass is 16.5. The molecule has 1 rings (SSSR count). The Balaban J connectivity index is 2.99. The molecule has 1 unspecified atom stereocenters. The van der Waals surface area contributed by atoms with Gasteiger partial charge in [0.25, 0.3) is 0 Å². The molecule has 0 radical (unpaired) electrons. The van der Waals surface area contributed by atoms with Crippen LogP contribution in [0.4, 0.5) is 0 Å². The summed E-state index contributed by atoms with van der Waals surface area (Å²) in [6.07, 6.45) is 0.533. The van der Waals surface area contributed by atoms with Crippen molar-refractivity contribution in [3.63, 3.8) is 0 Å². The maximum Gasteiger partial charge on any atom is 0.311 e. The molecule has 112 valence electrons. The fourth-order valence-electron chi connectivity index (χ4n) is 2.55. The highest BCUT2D eigenvalue weighted by Crippen LogP contribution is 2.33. The van der Waals surface area contributed by atoms with E-state index in [9.17, 15) is 4.79 Å². The van der Waals surface area contributed by atoms with Gasteiger partial charge in [-0.1, -0.05) is 12.1 Å². The van der Waals surface area contributed by atoms with Crippen LogP contribution in [0.25, 0.3) is 0 Å². The topological polar surface area (TPSA) is 61.5 Å². The summed E-state index contributed by atoms with van der Waals surface area (Å²) in [7, 11) is 3.06. The normalized spacial score (nSPS) is 12.9. The summed E-state index contributed by atoms with van der Waals surface area (Å²) in [6.45, 7) is 7.69. The maximum absolute atomic E-state index is 11.7. The molecule has 0 spiro atoms. The van der Waals surface area contributed by atoms with Gasteiger partial charge in [0, 0.05) is 6.04 Å². The van der Waals surface area contributed by atoms with Crippen LogP contribution in [0.1, 0.15) is 43.0 Å². The number of rotatable bonds is 5. The van der Waals surface area contributed by atoms with Crippen molar-refractivity contribution in [3.05, 3.63) is 28.8 Å². The van der Waals surface area contributed by atoms with Crippen LogP contribution in [0, 0.1) is 19.3 Å². The standard InChI is InChI=1S/C16H25NO3/c1-10-7-12(8-11(2)14(10)19-5)13(17)9-16(3,4)15(18)20-6/h7-8,13H,9,17H2,1-6H3. The first-order chi connectivity index (χ1) is 9.22. The van der Waals surface area contributed by atoms with E-state index in [1.165, 1.54) is 7.11 Å². The smallest absolute Gasteiger partial charge is 0.311 e. The predicted molar refractivity (Wildman–Crippen MR) is 79.8 cm³/mol. The summed E-state index contributed by atoms with van der Waals surface area (Å²) in [5.41, 5.74) is 8.76. The van der Waals surface area contributed by atoms with Gasteiger partial charge in [0.2, 0.25) is 0 Å². The van der Waals surface area contributed by atoms with Crippen LogP contribution in [-0.4, -0.2) is 20.2 Å². The van der Waals surface area contributed by atoms with Crippen molar-refractivity contribution in [2.75, 3.05) is 14.2 Å². The Morgan fingerprint density at radius 3 is 2.15 bits per heavy atom. The average molecular weight is 279 g/mol. The van der Waals surface area contributed by atoms with E-state index in [0.29, 0.717) is 6.42 Å². The third-order valence-electron chi connectivity index (χ3n) is 3.58. The van der Waals surface area contributed by atoms with Crippen LogP contribution < -0.4 is 10.5 Å². The van der Waals surface area contributed by atoms with Crippen molar-refractivity contribution in [3.8, 4) is 5.75 Å². The van der Waals surface area contributed by atoms with Gasteiger partial charge in [-0.3, -0.25) is 4.79 Å². The average Bonchev–Trinajstić information content (AvgIpc) is 2.36. The van der Waals surface area contributed by atoms with Crippen LogP contribution in [0.2, 0.25) is 0 Å². The molecule has 0 aliphatic heterocycles. The third-order valence-corrected chi connectivity index (χ3v) is 3.58. The van der Waals surface area contributed by atoms with Crippen molar-refractivity contribution in [2.24, 2.45) is 11.1 Å². The number of hydrogen-bond donors (Lipinski definition) is 1. The van der Waals surface area contributed by atoms with E-state index in [-0.39, 0.29) is 12.0 Å². The lowest BCUT2D eigenvalue weighted by atomic mass is 9.83. The van der Waals surface area contributed by atoms with Crippen LogP contribution in [-0.2, 0) is 9.53 Å². The molecule has 1 aromatic carbocycles. The van der Waals surface area contributed by atoms with Gasteiger partial charge in [-0.2, -0.15) is 0 Å². The van der Waals surface area contributed by atoms with Crippen molar-refractivity contribution < 1.29 is 14.3 Å². The molecule has 0 saturated heterocycles. The van der Waals surface area contributed by atoms with E-state index in [2.05, 4.69) is 0 Å². The first kappa shape index (κ1) is 16.5. The van der Waals surface area contributed by atoms with Gasteiger partial charge >= 0.3 is 5.97 Å². The van der Waals surface area contributed by atoms with Crippen LogP contribution in [0.5, 0.6) is 5.75 Å². The summed E-state index contributed by atoms with van der Waals surface area (Å²) < 4.78 is 10.2. The van der Waals surface area contributed by atoms with Gasteiger partial charge in [-0.15, -0.1) is 0 Å². The van der Waals surface area contributed by atoms with Gasteiger partial charge in [0.1, 0.15) is 5.75 Å². The molecule has 0 saturated carbocycles. The van der Waals surface area contributed by atoms with Crippen molar-refractivity contribution in [2.45, 2.75) is 40.2 Å². The van der Waals surface area contributed by atoms with Gasteiger partial charge in [0.05, 0.1) is 19.6 Å². The van der Waals surface area contributed by atoms with E-state index in [1.807, 2.05) is 39.8 Å². The molecular formula is C16H25NO3. The molecule has 4 heteroatoms. The molecular weight excluding hydrogens is 254 g/mol. The van der Waals surface area contributed by atoms with Crippen molar-refractivity contribution in [1.82, 2.24) is 0 Å². The number of benzene rings is 1. The zero-order chi connectivity index (χ0) is 15.5. The summed E-state index contributed by atoms with van der Waals surface area (Å²) in [6, 6.07) is 3.82. The number of esters is 1. The Morgan fingerprint density at radius 1 is 1.25 bits per heavy atom. The van der Waals surface area contributed by atoms with Crippen LogP contribution >= 0.6 is 0 Å². The van der Waals surface area contributed by atoms with Gasteiger partial charge < -0.3 is 15.2 Å². The van der Waals surface area contributed by atoms with E-state index in [1.54, 1.807) is 7.11 Å². The Bertz CT molecular complexity index is 471. The first-order valence-electron chi connectivity index (χ1n) is 6.72. The van der Waals surface area contributed by atoms with E-state index >= 15 is 0 Å². The first-order valence-corrected chi connectivity index (χ1v) is 6.72. The fourth-order valence-corrected chi connectivity index (χ4v) is 2.55. The van der Waals surface area contributed by atoms with Gasteiger partial charge in [0.15, 0.2) is 0 Å². The predicted octanol–water partition coefficient (Wildman–Crippen LogP) is 2.90. The zero-order valence-electron chi connectivity index (χ0n) is 13.2. The number of methoxy groups -OCH3 is 2. The second-order valence-electron chi connectivity index (χ2n) is 5.87. The zero-order valence-corrected chi connectivity index (χ0v) is 13.2. The number of hydrogen-bond acceptors (Lipinski definition) is 4. The van der Waals surface area contributed by atoms with Crippen LogP contribution in [0.15, 0.2) is 12.1 Å². The quantitative estimate of drug-likeness (QED) is 0.842. The van der Waals surface area contributed by atoms with Crippen molar-refractivity contribution in [1.29, 1.82) is 0 Å². The highest BCUT2D eigenvalue weighted by molar-refractivity contribution is 5.75. The molecule has 0 heterocycles. The fraction of sp³-hybridized carbons (Fsp3) is 0.562. The summed E-state index contributed by atoms with van der Waals surface area (Å²) in [5.74, 6) is 0.642. The second-order valence-corrected chi connectivity index (χ2v) is 5.87. The molecule has 0 amide bonds. The lowest BCUT2D eigenvalue weighted by molar-refractivity contribution is -0.151.